The monoisotopic (exact) mass is 775 g/mol. The fourth-order valence-electron chi connectivity index (χ4n) is 3.64. The number of amides is 3. The highest BCUT2D eigenvalue weighted by atomic mass is 128. The van der Waals surface area contributed by atoms with Crippen LogP contribution in [0.25, 0.3) is 11.0 Å². The summed E-state index contributed by atoms with van der Waals surface area (Å²) in [4.78, 5) is 55.9. The van der Waals surface area contributed by atoms with Crippen molar-refractivity contribution in [3.63, 3.8) is 0 Å². The molecule has 1 aliphatic rings. The summed E-state index contributed by atoms with van der Waals surface area (Å²) in [7, 11) is 1.44. The Labute approximate surface area is 248 Å². The molecule has 1 aliphatic carbocycles. The van der Waals surface area contributed by atoms with Crippen molar-refractivity contribution in [1.82, 2.24) is 16.0 Å². The maximum absolute atomic E-state index is 12.0. The number of carbonyl (C=O) groups is 3. The quantitative estimate of drug-likeness (QED) is 0.0760. The number of alkyl carbamates (subject to hydrolysis) is 1. The van der Waals surface area contributed by atoms with Gasteiger partial charge in [0, 0.05) is 67.8 Å². The van der Waals surface area contributed by atoms with Crippen molar-refractivity contribution >= 4 is 66.3 Å². The number of fused-ring (bicyclic) bond motifs is 1. The molecule has 0 spiro atoms. The molecule has 15 heteroatoms. The van der Waals surface area contributed by atoms with Gasteiger partial charge in [0.2, 0.25) is 12.7 Å². The minimum Gasteiger partial charge on any atom is -0.486 e. The van der Waals surface area contributed by atoms with Crippen molar-refractivity contribution < 1.29 is 42.8 Å². The summed E-state index contributed by atoms with van der Waals surface area (Å²) < 4.78 is 21.3. The van der Waals surface area contributed by atoms with Gasteiger partial charge >= 0.3 is 17.8 Å². The molecular weight excluding hydrogens is 744 g/mol. The van der Waals surface area contributed by atoms with Crippen LogP contribution in [0, 0.1) is 5.92 Å². The zero-order chi connectivity index (χ0) is 28.6. The van der Waals surface area contributed by atoms with Gasteiger partial charge in [0.25, 0.3) is 0 Å². The standard InChI is InChI=1S/C24H31N3O10.I2/c1-15-3-6-17(7-4-15)27-24(31)37-35-14-34-19-11-16-5-8-22(29)36-18(16)12-20(19)32-9-10-33-23(30)26-13-21(28)25-2;1-2/h5,8,11-12,15,17H,3-4,6-7,9-10,13-14H2,1-2H3,(H,25,28)(H,26,30)(H,27,31);. The molecule has 0 bridgehead atoms. The molecule has 1 saturated carbocycles. The van der Waals surface area contributed by atoms with E-state index in [9.17, 15) is 19.2 Å². The maximum Gasteiger partial charge on any atom is 0.439 e. The third-order valence-corrected chi connectivity index (χ3v) is 5.67. The van der Waals surface area contributed by atoms with E-state index in [0.717, 1.165) is 25.7 Å². The maximum atomic E-state index is 12.0. The lowest BCUT2D eigenvalue weighted by atomic mass is 9.87. The van der Waals surface area contributed by atoms with Crippen LogP contribution in [0.2, 0.25) is 0 Å². The Hall–Kier alpha value is -2.54. The van der Waals surface area contributed by atoms with Crippen LogP contribution in [0.3, 0.4) is 0 Å². The molecule has 0 atom stereocenters. The third-order valence-electron chi connectivity index (χ3n) is 5.67. The zero-order valence-electron chi connectivity index (χ0n) is 21.5. The Morgan fingerprint density at radius 1 is 1.00 bits per heavy atom. The van der Waals surface area contributed by atoms with Gasteiger partial charge in [0.15, 0.2) is 11.5 Å². The molecule has 2 aromatic rings. The highest BCUT2D eigenvalue weighted by Gasteiger charge is 2.20. The van der Waals surface area contributed by atoms with E-state index < -0.39 is 24.6 Å². The topological polar surface area (TPSA) is 164 Å². The molecule has 0 radical (unpaired) electrons. The van der Waals surface area contributed by atoms with Crippen LogP contribution in [0.4, 0.5) is 9.59 Å². The smallest absolute Gasteiger partial charge is 0.439 e. The second-order valence-corrected chi connectivity index (χ2v) is 8.45. The third kappa shape index (κ3) is 12.0. The first-order valence-corrected chi connectivity index (χ1v) is 18.3. The van der Waals surface area contributed by atoms with Crippen LogP contribution in [-0.4, -0.2) is 57.7 Å². The molecule has 1 heterocycles. The first kappa shape index (κ1) is 32.7. The van der Waals surface area contributed by atoms with Crippen LogP contribution >= 0.6 is 37.2 Å². The van der Waals surface area contributed by atoms with Gasteiger partial charge in [-0.05, 0) is 43.7 Å². The van der Waals surface area contributed by atoms with Crippen molar-refractivity contribution in [2.75, 3.05) is 33.6 Å². The first-order chi connectivity index (χ1) is 18.8. The first-order valence-electron chi connectivity index (χ1n) is 12.0. The number of nitrogens with one attached hydrogen (secondary N) is 3. The van der Waals surface area contributed by atoms with Gasteiger partial charge in [-0.2, -0.15) is 0 Å². The number of ether oxygens (including phenoxy) is 3. The van der Waals surface area contributed by atoms with Gasteiger partial charge in [0.1, 0.15) is 18.8 Å². The predicted octanol–water partition coefficient (Wildman–Crippen LogP) is 3.99. The summed E-state index contributed by atoms with van der Waals surface area (Å²) >= 11 is 4.24. The Kier molecular flexibility index (Phi) is 15.0. The number of likely N-dealkylation sites (N-methyl/N-ethyl adjacent to an activating group) is 1. The molecule has 3 amide bonds. The number of rotatable bonds is 11. The predicted molar refractivity (Wildman–Crippen MR) is 157 cm³/mol. The summed E-state index contributed by atoms with van der Waals surface area (Å²) in [5.41, 5.74) is -0.296. The lowest BCUT2D eigenvalue weighted by Gasteiger charge is -2.26. The van der Waals surface area contributed by atoms with E-state index in [0.29, 0.717) is 11.3 Å². The molecule has 0 saturated heterocycles. The molecule has 39 heavy (non-hydrogen) atoms. The lowest BCUT2D eigenvalue weighted by Crippen LogP contribution is -2.37. The Morgan fingerprint density at radius 3 is 2.44 bits per heavy atom. The number of halogens is 2. The summed E-state index contributed by atoms with van der Waals surface area (Å²) in [5, 5.41) is 7.96. The molecule has 1 aromatic carbocycles. The largest absolute Gasteiger partial charge is 0.486 e. The number of hydrogen-bond acceptors (Lipinski definition) is 10. The average molecular weight is 775 g/mol. The van der Waals surface area contributed by atoms with Gasteiger partial charge in [-0.3, -0.25) is 9.68 Å². The van der Waals surface area contributed by atoms with Crippen LogP contribution < -0.4 is 31.0 Å². The SMILES string of the molecule is CNC(=O)CNC(=O)OCCOc1cc2oc(=O)ccc2cc1OCOOC(=O)NC1CCC(C)CC1.II. The lowest BCUT2D eigenvalue weighted by molar-refractivity contribution is -0.273. The van der Waals surface area contributed by atoms with E-state index in [1.807, 2.05) is 0 Å². The second-order valence-electron chi connectivity index (χ2n) is 8.45. The molecule has 0 aliphatic heterocycles. The van der Waals surface area contributed by atoms with E-state index >= 15 is 0 Å². The van der Waals surface area contributed by atoms with Gasteiger partial charge < -0.3 is 34.6 Å². The molecule has 3 N–H and O–H groups in total. The minimum atomic E-state index is -0.792. The van der Waals surface area contributed by atoms with E-state index in [2.05, 4.69) is 60.1 Å². The fourth-order valence-corrected chi connectivity index (χ4v) is 3.64. The number of benzene rings is 1. The summed E-state index contributed by atoms with van der Waals surface area (Å²) in [6, 6.07) is 5.85. The van der Waals surface area contributed by atoms with Gasteiger partial charge in [-0.15, -0.1) is 4.89 Å². The van der Waals surface area contributed by atoms with Crippen molar-refractivity contribution in [1.29, 1.82) is 0 Å². The molecular formula is C24H31I2N3O10. The molecule has 1 aromatic heterocycles. The molecule has 0 unspecified atom stereocenters. The van der Waals surface area contributed by atoms with Crippen LogP contribution in [-0.2, 0) is 19.3 Å². The molecule has 216 valence electrons. The fraction of sp³-hybridized carbons (Fsp3) is 0.500. The average Bonchev–Trinajstić information content (AvgIpc) is 2.94. The number of hydrogen-bond donors (Lipinski definition) is 3. The van der Waals surface area contributed by atoms with E-state index in [-0.39, 0.29) is 48.8 Å². The van der Waals surface area contributed by atoms with Crippen molar-refractivity contribution in [2.45, 2.75) is 38.6 Å². The Bertz CT molecular complexity index is 1140. The normalized spacial score (nSPS) is 16.2. The zero-order valence-corrected chi connectivity index (χ0v) is 25.8. The van der Waals surface area contributed by atoms with Gasteiger partial charge in [-0.1, -0.05) is 6.92 Å². The highest BCUT2D eigenvalue weighted by Crippen LogP contribution is 2.32. The minimum absolute atomic E-state index is 0.0523. The molecule has 1 fully saturated rings. The summed E-state index contributed by atoms with van der Waals surface area (Å²) in [5.74, 6) is 0.652. The summed E-state index contributed by atoms with van der Waals surface area (Å²) in [6.07, 6.45) is 2.38. The van der Waals surface area contributed by atoms with Crippen molar-refractivity contribution in [2.24, 2.45) is 5.92 Å². The molecule has 3 rings (SSSR count). The second kappa shape index (κ2) is 17.9. The van der Waals surface area contributed by atoms with Crippen molar-refractivity contribution in [3.05, 3.63) is 34.7 Å². The number of carbonyl (C=O) groups excluding carboxylic acids is 3. The Balaban J connectivity index is 0.00000260. The Morgan fingerprint density at radius 2 is 1.72 bits per heavy atom. The van der Waals surface area contributed by atoms with Crippen LogP contribution in [0.15, 0.2) is 33.5 Å². The van der Waals surface area contributed by atoms with Crippen LogP contribution in [0.1, 0.15) is 32.6 Å². The van der Waals surface area contributed by atoms with E-state index in [1.165, 1.54) is 19.2 Å². The summed E-state index contributed by atoms with van der Waals surface area (Å²) in [6.45, 7) is 1.30. The van der Waals surface area contributed by atoms with E-state index in [1.54, 1.807) is 12.1 Å². The highest BCUT2D eigenvalue weighted by molar-refractivity contribution is 15.0. The van der Waals surface area contributed by atoms with E-state index in [4.69, 9.17) is 28.4 Å². The van der Waals surface area contributed by atoms with Crippen molar-refractivity contribution in [3.8, 4) is 11.5 Å². The van der Waals surface area contributed by atoms with Gasteiger partial charge in [0.05, 0.1) is 6.54 Å². The van der Waals surface area contributed by atoms with Gasteiger partial charge in [-0.25, -0.2) is 14.4 Å². The molecule has 13 nitrogen and oxygen atoms in total. The van der Waals surface area contributed by atoms with Crippen LogP contribution in [0.5, 0.6) is 11.5 Å².